The Morgan fingerprint density at radius 2 is 2.17 bits per heavy atom. The number of nitrogens with one attached hydrogen (secondary N) is 2. The minimum Gasteiger partial charge on any atom is -0.469 e. The van der Waals surface area contributed by atoms with E-state index in [1.54, 1.807) is 20.4 Å². The highest BCUT2D eigenvalue weighted by atomic mass is 16.5. The summed E-state index contributed by atoms with van der Waals surface area (Å²) in [4.78, 5) is 4.16. The molecule has 5 heteroatoms. The molecule has 0 fully saturated rings. The number of ether oxygens (including phenoxy) is 1. The van der Waals surface area contributed by atoms with E-state index in [0.29, 0.717) is 0 Å². The number of guanidine groups is 1. The third-order valence-electron chi connectivity index (χ3n) is 2.54. The molecule has 1 rings (SSSR count). The SMILES string of the molecule is CN=C(NCCCCOC)NCCc1ccco1. The van der Waals surface area contributed by atoms with Gasteiger partial charge in [-0.05, 0) is 25.0 Å². The predicted octanol–water partition coefficient (Wildman–Crippen LogP) is 1.41. The minimum atomic E-state index is 0.811. The van der Waals surface area contributed by atoms with E-state index in [4.69, 9.17) is 9.15 Å². The summed E-state index contributed by atoms with van der Waals surface area (Å²) in [7, 11) is 3.50. The van der Waals surface area contributed by atoms with Gasteiger partial charge in [0.15, 0.2) is 5.96 Å². The Bertz CT molecular complexity index is 323. The molecular formula is C13H23N3O2. The standard InChI is InChI=1S/C13H23N3O2/c1-14-13(15-8-3-4-10-17-2)16-9-7-12-6-5-11-18-12/h5-6,11H,3-4,7-10H2,1-2H3,(H2,14,15,16). The van der Waals surface area contributed by atoms with Crippen LogP contribution in [0.1, 0.15) is 18.6 Å². The predicted molar refractivity (Wildman–Crippen MR) is 72.9 cm³/mol. The zero-order chi connectivity index (χ0) is 13.1. The average Bonchev–Trinajstić information content (AvgIpc) is 2.89. The Morgan fingerprint density at radius 3 is 2.83 bits per heavy atom. The molecule has 0 aliphatic rings. The average molecular weight is 253 g/mol. The van der Waals surface area contributed by atoms with Gasteiger partial charge in [0.1, 0.15) is 5.76 Å². The van der Waals surface area contributed by atoms with E-state index < -0.39 is 0 Å². The van der Waals surface area contributed by atoms with Gasteiger partial charge in [0.05, 0.1) is 6.26 Å². The summed E-state index contributed by atoms with van der Waals surface area (Å²) in [5.41, 5.74) is 0. The molecule has 0 aliphatic heterocycles. The van der Waals surface area contributed by atoms with Crippen LogP contribution in [0, 0.1) is 0 Å². The molecule has 2 N–H and O–H groups in total. The lowest BCUT2D eigenvalue weighted by Gasteiger charge is -2.11. The van der Waals surface area contributed by atoms with Gasteiger partial charge in [0.2, 0.25) is 0 Å². The van der Waals surface area contributed by atoms with Gasteiger partial charge in [0.25, 0.3) is 0 Å². The molecule has 1 aromatic rings. The lowest BCUT2D eigenvalue weighted by atomic mass is 10.3. The molecule has 0 saturated carbocycles. The molecule has 102 valence electrons. The van der Waals surface area contributed by atoms with E-state index in [0.717, 1.165) is 50.7 Å². The third kappa shape index (κ3) is 6.30. The molecule has 1 heterocycles. The first-order valence-electron chi connectivity index (χ1n) is 6.32. The first-order valence-corrected chi connectivity index (χ1v) is 6.32. The summed E-state index contributed by atoms with van der Waals surface area (Å²) < 4.78 is 10.3. The van der Waals surface area contributed by atoms with E-state index in [1.807, 2.05) is 12.1 Å². The Morgan fingerprint density at radius 1 is 1.33 bits per heavy atom. The molecule has 0 amide bonds. The largest absolute Gasteiger partial charge is 0.469 e. The number of rotatable bonds is 8. The molecule has 0 spiro atoms. The van der Waals surface area contributed by atoms with Crippen LogP contribution < -0.4 is 10.6 Å². The Labute approximate surface area is 109 Å². The van der Waals surface area contributed by atoms with Gasteiger partial charge in [0, 0.05) is 40.3 Å². The molecular weight excluding hydrogens is 230 g/mol. The summed E-state index contributed by atoms with van der Waals surface area (Å²) in [6.45, 7) is 2.53. The van der Waals surface area contributed by atoms with Crippen molar-refractivity contribution in [2.45, 2.75) is 19.3 Å². The van der Waals surface area contributed by atoms with Crippen LogP contribution >= 0.6 is 0 Å². The van der Waals surface area contributed by atoms with Crippen LogP contribution in [0.15, 0.2) is 27.8 Å². The molecule has 1 aromatic heterocycles. The molecule has 0 radical (unpaired) electrons. The van der Waals surface area contributed by atoms with Crippen LogP contribution in [-0.4, -0.2) is 39.8 Å². The van der Waals surface area contributed by atoms with Crippen molar-refractivity contribution in [3.63, 3.8) is 0 Å². The van der Waals surface area contributed by atoms with Crippen LogP contribution in [0.3, 0.4) is 0 Å². The smallest absolute Gasteiger partial charge is 0.190 e. The van der Waals surface area contributed by atoms with E-state index in [-0.39, 0.29) is 0 Å². The van der Waals surface area contributed by atoms with Crippen molar-refractivity contribution < 1.29 is 9.15 Å². The zero-order valence-corrected chi connectivity index (χ0v) is 11.2. The van der Waals surface area contributed by atoms with Crippen LogP contribution in [0.25, 0.3) is 0 Å². The highest BCUT2D eigenvalue weighted by Gasteiger charge is 1.98. The van der Waals surface area contributed by atoms with Crippen molar-refractivity contribution in [1.29, 1.82) is 0 Å². The van der Waals surface area contributed by atoms with Crippen molar-refractivity contribution >= 4 is 5.96 Å². The fourth-order valence-electron chi connectivity index (χ4n) is 1.56. The molecule has 0 bridgehead atoms. The number of furan rings is 1. The van der Waals surface area contributed by atoms with Gasteiger partial charge in [-0.15, -0.1) is 0 Å². The molecule has 0 aromatic carbocycles. The molecule has 0 atom stereocenters. The molecule has 18 heavy (non-hydrogen) atoms. The first kappa shape index (κ1) is 14.6. The van der Waals surface area contributed by atoms with Crippen molar-refractivity contribution in [2.24, 2.45) is 4.99 Å². The third-order valence-corrected chi connectivity index (χ3v) is 2.54. The second-order valence-electron chi connectivity index (χ2n) is 3.96. The lowest BCUT2D eigenvalue weighted by Crippen LogP contribution is -2.38. The van der Waals surface area contributed by atoms with Crippen molar-refractivity contribution in [3.05, 3.63) is 24.2 Å². The van der Waals surface area contributed by atoms with E-state index in [9.17, 15) is 0 Å². The topological polar surface area (TPSA) is 58.8 Å². The number of nitrogens with zero attached hydrogens (tertiary/aromatic N) is 1. The fraction of sp³-hybridized carbons (Fsp3) is 0.615. The van der Waals surface area contributed by atoms with E-state index >= 15 is 0 Å². The van der Waals surface area contributed by atoms with Gasteiger partial charge in [-0.1, -0.05) is 0 Å². The number of hydrogen-bond donors (Lipinski definition) is 2. The molecule has 0 unspecified atom stereocenters. The summed E-state index contributed by atoms with van der Waals surface area (Å²) in [5.74, 6) is 1.82. The van der Waals surface area contributed by atoms with Gasteiger partial charge in [-0.3, -0.25) is 4.99 Å². The second-order valence-corrected chi connectivity index (χ2v) is 3.96. The van der Waals surface area contributed by atoms with Gasteiger partial charge in [-0.2, -0.15) is 0 Å². The second kappa shape index (κ2) is 9.53. The van der Waals surface area contributed by atoms with Gasteiger partial charge >= 0.3 is 0 Å². The van der Waals surface area contributed by atoms with Gasteiger partial charge < -0.3 is 19.8 Å². The fourth-order valence-corrected chi connectivity index (χ4v) is 1.56. The number of hydrogen-bond acceptors (Lipinski definition) is 3. The monoisotopic (exact) mass is 253 g/mol. The van der Waals surface area contributed by atoms with Crippen molar-refractivity contribution in [3.8, 4) is 0 Å². The first-order chi connectivity index (χ1) is 8.86. The number of methoxy groups -OCH3 is 1. The Balaban J connectivity index is 2.06. The van der Waals surface area contributed by atoms with Crippen molar-refractivity contribution in [2.75, 3.05) is 33.9 Å². The van der Waals surface area contributed by atoms with Crippen LogP contribution in [0.5, 0.6) is 0 Å². The zero-order valence-electron chi connectivity index (χ0n) is 11.2. The summed E-state index contributed by atoms with van der Waals surface area (Å²) >= 11 is 0. The maximum Gasteiger partial charge on any atom is 0.190 e. The highest BCUT2D eigenvalue weighted by molar-refractivity contribution is 5.79. The minimum absolute atomic E-state index is 0.811. The quantitative estimate of drug-likeness (QED) is 0.418. The maximum atomic E-state index is 5.26. The summed E-state index contributed by atoms with van der Waals surface area (Å²) in [5, 5.41) is 6.51. The Hall–Kier alpha value is -1.49. The van der Waals surface area contributed by atoms with Crippen molar-refractivity contribution in [1.82, 2.24) is 10.6 Å². The van der Waals surface area contributed by atoms with E-state index in [2.05, 4.69) is 15.6 Å². The molecule has 5 nitrogen and oxygen atoms in total. The maximum absolute atomic E-state index is 5.26. The lowest BCUT2D eigenvalue weighted by molar-refractivity contribution is 0.193. The van der Waals surface area contributed by atoms with Crippen LogP contribution in [0.4, 0.5) is 0 Å². The normalized spacial score (nSPS) is 11.6. The van der Waals surface area contributed by atoms with Crippen LogP contribution in [-0.2, 0) is 11.2 Å². The number of unbranched alkanes of at least 4 members (excludes halogenated alkanes) is 1. The number of aliphatic imine (C=N–C) groups is 1. The van der Waals surface area contributed by atoms with Crippen LogP contribution in [0.2, 0.25) is 0 Å². The summed E-state index contributed by atoms with van der Waals surface area (Å²) in [6, 6.07) is 3.88. The van der Waals surface area contributed by atoms with Gasteiger partial charge in [-0.25, -0.2) is 0 Å². The summed E-state index contributed by atoms with van der Waals surface area (Å²) in [6.07, 6.45) is 4.69. The highest BCUT2D eigenvalue weighted by Crippen LogP contribution is 1.99. The molecule has 0 aliphatic carbocycles. The molecule has 0 saturated heterocycles. The Kier molecular flexibility index (Phi) is 7.72. The van der Waals surface area contributed by atoms with E-state index in [1.165, 1.54) is 0 Å².